The Morgan fingerprint density at radius 1 is 1.38 bits per heavy atom. The Kier molecular flexibility index (Phi) is 2.16. The maximum atomic E-state index is 5.41. The molecule has 16 heavy (non-hydrogen) atoms. The summed E-state index contributed by atoms with van der Waals surface area (Å²) in [5.74, 6) is 1.01. The second-order valence-electron chi connectivity index (χ2n) is 3.29. The zero-order chi connectivity index (χ0) is 11.0. The summed E-state index contributed by atoms with van der Waals surface area (Å²) in [5.41, 5.74) is 6.33. The quantitative estimate of drug-likeness (QED) is 0.729. The van der Waals surface area contributed by atoms with Crippen LogP contribution in [0.3, 0.4) is 0 Å². The highest BCUT2D eigenvalue weighted by atomic mass is 32.1. The summed E-state index contributed by atoms with van der Waals surface area (Å²) in [6.45, 7) is 0.260. The van der Waals surface area contributed by atoms with Crippen LogP contribution in [0.4, 0.5) is 0 Å². The summed E-state index contributed by atoms with van der Waals surface area (Å²) in [7, 11) is 0. The van der Waals surface area contributed by atoms with Crippen molar-refractivity contribution in [2.45, 2.75) is 6.54 Å². The number of benzene rings is 1. The molecule has 0 atom stereocenters. The molecule has 2 N–H and O–H groups in total. The molecule has 80 valence electrons. The minimum absolute atomic E-state index is 0.260. The molecular formula is C10H8N4OS. The van der Waals surface area contributed by atoms with Gasteiger partial charge in [0.2, 0.25) is 11.7 Å². The number of aromatic nitrogens is 3. The van der Waals surface area contributed by atoms with Crippen LogP contribution in [-0.2, 0) is 6.54 Å². The minimum atomic E-state index is 0.260. The molecule has 3 rings (SSSR count). The first-order valence-corrected chi connectivity index (χ1v) is 5.51. The monoisotopic (exact) mass is 232 g/mol. The second-order valence-corrected chi connectivity index (χ2v) is 4.13. The number of nitrogens with two attached hydrogens (primary N) is 1. The molecule has 0 aliphatic carbocycles. The first-order chi connectivity index (χ1) is 7.86. The standard InChI is InChI=1S/C10H8N4OS/c11-4-9-13-10(14-15-9)6-1-2-7-5-12-16-8(7)3-6/h1-3,5H,4,11H2. The molecule has 0 radical (unpaired) electrons. The number of hydrogen-bond donors (Lipinski definition) is 1. The van der Waals surface area contributed by atoms with Crippen molar-refractivity contribution < 1.29 is 4.52 Å². The van der Waals surface area contributed by atoms with Gasteiger partial charge in [-0.3, -0.25) is 0 Å². The molecule has 3 aromatic rings. The largest absolute Gasteiger partial charge is 0.338 e. The summed E-state index contributed by atoms with van der Waals surface area (Å²) in [4.78, 5) is 4.17. The molecule has 2 heterocycles. The lowest BCUT2D eigenvalue weighted by Gasteiger charge is -1.93. The third kappa shape index (κ3) is 1.48. The van der Waals surface area contributed by atoms with E-state index in [2.05, 4.69) is 14.5 Å². The normalized spacial score (nSPS) is 11.1. The molecule has 0 spiro atoms. The minimum Gasteiger partial charge on any atom is -0.338 e. The van der Waals surface area contributed by atoms with E-state index in [4.69, 9.17) is 10.3 Å². The van der Waals surface area contributed by atoms with Gasteiger partial charge in [-0.2, -0.15) is 9.36 Å². The average Bonchev–Trinajstić information content (AvgIpc) is 2.96. The van der Waals surface area contributed by atoms with Crippen LogP contribution in [-0.4, -0.2) is 14.5 Å². The summed E-state index contributed by atoms with van der Waals surface area (Å²) in [6, 6.07) is 5.94. The topological polar surface area (TPSA) is 77.8 Å². The predicted molar refractivity (Wildman–Crippen MR) is 60.8 cm³/mol. The highest BCUT2D eigenvalue weighted by molar-refractivity contribution is 7.13. The van der Waals surface area contributed by atoms with E-state index in [1.165, 1.54) is 11.5 Å². The van der Waals surface area contributed by atoms with Gasteiger partial charge in [-0.25, -0.2) is 0 Å². The molecule has 0 fully saturated rings. The molecule has 0 bridgehead atoms. The average molecular weight is 232 g/mol. The van der Waals surface area contributed by atoms with Crippen molar-refractivity contribution in [2.75, 3.05) is 0 Å². The Hall–Kier alpha value is -1.79. The second kappa shape index (κ2) is 3.66. The van der Waals surface area contributed by atoms with Gasteiger partial charge in [0.15, 0.2) is 0 Å². The van der Waals surface area contributed by atoms with Gasteiger partial charge in [-0.15, -0.1) is 0 Å². The fraction of sp³-hybridized carbons (Fsp3) is 0.100. The van der Waals surface area contributed by atoms with Gasteiger partial charge in [0.1, 0.15) is 0 Å². The van der Waals surface area contributed by atoms with Crippen LogP contribution in [0.25, 0.3) is 21.5 Å². The van der Waals surface area contributed by atoms with E-state index in [1.54, 1.807) is 0 Å². The summed E-state index contributed by atoms with van der Waals surface area (Å²) in [6.07, 6.45) is 1.84. The van der Waals surface area contributed by atoms with E-state index in [9.17, 15) is 0 Å². The summed E-state index contributed by atoms with van der Waals surface area (Å²) in [5, 5.41) is 4.99. The Morgan fingerprint density at radius 2 is 2.31 bits per heavy atom. The first-order valence-electron chi connectivity index (χ1n) is 4.74. The summed E-state index contributed by atoms with van der Waals surface area (Å²) >= 11 is 1.45. The van der Waals surface area contributed by atoms with Crippen LogP contribution in [0.2, 0.25) is 0 Å². The van der Waals surface area contributed by atoms with Crippen molar-refractivity contribution in [3.8, 4) is 11.4 Å². The highest BCUT2D eigenvalue weighted by Gasteiger charge is 2.08. The molecule has 0 unspecified atom stereocenters. The molecular weight excluding hydrogens is 224 g/mol. The van der Waals surface area contributed by atoms with Crippen LogP contribution in [0.15, 0.2) is 28.9 Å². The van der Waals surface area contributed by atoms with Crippen molar-refractivity contribution in [1.29, 1.82) is 0 Å². The van der Waals surface area contributed by atoms with Crippen LogP contribution < -0.4 is 5.73 Å². The zero-order valence-corrected chi connectivity index (χ0v) is 9.07. The fourth-order valence-electron chi connectivity index (χ4n) is 1.45. The van der Waals surface area contributed by atoms with Crippen molar-refractivity contribution in [3.05, 3.63) is 30.3 Å². The third-order valence-electron chi connectivity index (χ3n) is 2.26. The maximum absolute atomic E-state index is 5.41. The van der Waals surface area contributed by atoms with Crippen molar-refractivity contribution in [3.63, 3.8) is 0 Å². The van der Waals surface area contributed by atoms with E-state index in [-0.39, 0.29) is 6.54 Å². The molecule has 0 saturated heterocycles. The molecule has 2 aromatic heterocycles. The number of nitrogens with zero attached hydrogens (tertiary/aromatic N) is 3. The molecule has 0 amide bonds. The van der Waals surface area contributed by atoms with E-state index < -0.39 is 0 Å². The Labute approximate surface area is 95.1 Å². The smallest absolute Gasteiger partial charge is 0.240 e. The van der Waals surface area contributed by atoms with Crippen molar-refractivity contribution in [2.24, 2.45) is 5.73 Å². The van der Waals surface area contributed by atoms with E-state index >= 15 is 0 Å². The molecule has 1 aromatic carbocycles. The SMILES string of the molecule is NCc1nc(-c2ccc3cnsc3c2)no1. The molecule has 5 nitrogen and oxygen atoms in total. The molecule has 6 heteroatoms. The fourth-order valence-corrected chi connectivity index (χ4v) is 2.14. The number of hydrogen-bond acceptors (Lipinski definition) is 6. The van der Waals surface area contributed by atoms with Crippen LogP contribution in [0, 0.1) is 0 Å². The molecule has 0 aliphatic heterocycles. The van der Waals surface area contributed by atoms with Gasteiger partial charge in [-0.05, 0) is 17.6 Å². The lowest BCUT2D eigenvalue weighted by molar-refractivity contribution is 0.380. The lowest BCUT2D eigenvalue weighted by atomic mass is 10.2. The van der Waals surface area contributed by atoms with Crippen LogP contribution in [0.1, 0.15) is 5.89 Å². The lowest BCUT2D eigenvalue weighted by Crippen LogP contribution is -1.95. The van der Waals surface area contributed by atoms with E-state index in [1.807, 2.05) is 24.4 Å². The number of fused-ring (bicyclic) bond motifs is 1. The van der Waals surface area contributed by atoms with Crippen molar-refractivity contribution >= 4 is 21.6 Å². The Balaban J connectivity index is 2.10. The van der Waals surface area contributed by atoms with Gasteiger partial charge in [0.05, 0.1) is 11.2 Å². The summed E-state index contributed by atoms with van der Waals surface area (Å²) < 4.78 is 10.2. The highest BCUT2D eigenvalue weighted by Crippen LogP contribution is 2.24. The molecule has 0 saturated carbocycles. The van der Waals surface area contributed by atoms with Gasteiger partial charge in [0.25, 0.3) is 0 Å². The van der Waals surface area contributed by atoms with Gasteiger partial charge >= 0.3 is 0 Å². The van der Waals surface area contributed by atoms with Crippen molar-refractivity contribution in [1.82, 2.24) is 14.5 Å². The van der Waals surface area contributed by atoms with Gasteiger partial charge < -0.3 is 10.3 Å². The van der Waals surface area contributed by atoms with Gasteiger partial charge in [0, 0.05) is 17.1 Å². The Bertz CT molecular complexity index is 630. The number of rotatable bonds is 2. The maximum Gasteiger partial charge on any atom is 0.240 e. The third-order valence-corrected chi connectivity index (χ3v) is 3.02. The Morgan fingerprint density at radius 3 is 3.12 bits per heavy atom. The van der Waals surface area contributed by atoms with E-state index in [0.29, 0.717) is 11.7 Å². The first kappa shape index (κ1) is 9.44. The van der Waals surface area contributed by atoms with Crippen LogP contribution in [0.5, 0.6) is 0 Å². The van der Waals surface area contributed by atoms with Gasteiger partial charge in [-0.1, -0.05) is 17.3 Å². The van der Waals surface area contributed by atoms with Crippen LogP contribution >= 0.6 is 11.5 Å². The zero-order valence-electron chi connectivity index (χ0n) is 8.25. The van der Waals surface area contributed by atoms with E-state index in [0.717, 1.165) is 15.6 Å². The predicted octanol–water partition coefficient (Wildman–Crippen LogP) is 1.80. The molecule has 0 aliphatic rings.